The minimum Gasteiger partial charge on any atom is -0.489 e. The molecular formula is C19H26N2O. The summed E-state index contributed by atoms with van der Waals surface area (Å²) in [5.41, 5.74) is 3.64. The van der Waals surface area contributed by atoms with Gasteiger partial charge in [-0.25, -0.2) is 0 Å². The number of anilines is 1. The summed E-state index contributed by atoms with van der Waals surface area (Å²) < 4.78 is 5.94. The predicted molar refractivity (Wildman–Crippen MR) is 93.5 cm³/mol. The van der Waals surface area contributed by atoms with E-state index in [1.807, 2.05) is 20.2 Å². The first-order valence-corrected chi connectivity index (χ1v) is 7.78. The number of rotatable bonds is 7. The molecular weight excluding hydrogens is 272 g/mol. The third-order valence-corrected chi connectivity index (χ3v) is 3.37. The molecule has 2 aromatic carbocycles. The Morgan fingerprint density at radius 3 is 2.27 bits per heavy atom. The van der Waals surface area contributed by atoms with E-state index in [2.05, 4.69) is 66.5 Å². The minimum atomic E-state index is 0.172. The maximum atomic E-state index is 5.94. The van der Waals surface area contributed by atoms with E-state index in [-0.39, 0.29) is 6.10 Å². The summed E-state index contributed by atoms with van der Waals surface area (Å²) in [5.74, 6) is 0.944. The van der Waals surface area contributed by atoms with Crippen molar-refractivity contribution in [2.45, 2.75) is 33.0 Å². The SMILES string of the molecule is CC(C)Oc1cc(CNCc2ccccc2)ccc1N(C)C. The molecule has 0 radical (unpaired) electrons. The van der Waals surface area contributed by atoms with E-state index in [0.29, 0.717) is 0 Å². The van der Waals surface area contributed by atoms with E-state index in [9.17, 15) is 0 Å². The van der Waals surface area contributed by atoms with Crippen molar-refractivity contribution in [1.29, 1.82) is 0 Å². The fraction of sp³-hybridized carbons (Fsp3) is 0.368. The molecule has 0 saturated heterocycles. The van der Waals surface area contributed by atoms with Crippen molar-refractivity contribution in [3.8, 4) is 5.75 Å². The van der Waals surface area contributed by atoms with Crippen molar-refractivity contribution >= 4 is 5.69 Å². The highest BCUT2D eigenvalue weighted by Gasteiger charge is 2.09. The Morgan fingerprint density at radius 1 is 0.955 bits per heavy atom. The minimum absolute atomic E-state index is 0.172. The predicted octanol–water partition coefficient (Wildman–Crippen LogP) is 3.83. The summed E-state index contributed by atoms with van der Waals surface area (Å²) >= 11 is 0. The third-order valence-electron chi connectivity index (χ3n) is 3.37. The van der Waals surface area contributed by atoms with Crippen molar-refractivity contribution in [3.63, 3.8) is 0 Å². The number of nitrogens with zero attached hydrogens (tertiary/aromatic N) is 1. The molecule has 0 heterocycles. The van der Waals surface area contributed by atoms with Gasteiger partial charge in [0.25, 0.3) is 0 Å². The van der Waals surface area contributed by atoms with Crippen LogP contribution in [0.4, 0.5) is 5.69 Å². The summed E-state index contributed by atoms with van der Waals surface area (Å²) in [6.07, 6.45) is 0.172. The number of nitrogens with one attached hydrogen (secondary N) is 1. The molecule has 118 valence electrons. The van der Waals surface area contributed by atoms with Crippen LogP contribution in [-0.2, 0) is 13.1 Å². The van der Waals surface area contributed by atoms with Crippen LogP contribution in [0.15, 0.2) is 48.5 Å². The van der Waals surface area contributed by atoms with Crippen molar-refractivity contribution in [2.75, 3.05) is 19.0 Å². The Balaban J connectivity index is 2.01. The molecule has 3 heteroatoms. The zero-order valence-corrected chi connectivity index (χ0v) is 14.0. The molecule has 0 aliphatic carbocycles. The first-order chi connectivity index (χ1) is 10.6. The van der Waals surface area contributed by atoms with E-state index >= 15 is 0 Å². The molecule has 2 aromatic rings. The van der Waals surface area contributed by atoms with Gasteiger partial charge in [-0.15, -0.1) is 0 Å². The summed E-state index contributed by atoms with van der Waals surface area (Å²) in [6, 6.07) is 16.9. The number of hydrogen-bond donors (Lipinski definition) is 1. The topological polar surface area (TPSA) is 24.5 Å². The zero-order valence-electron chi connectivity index (χ0n) is 14.0. The van der Waals surface area contributed by atoms with Crippen molar-refractivity contribution in [2.24, 2.45) is 0 Å². The van der Waals surface area contributed by atoms with Gasteiger partial charge < -0.3 is 15.0 Å². The van der Waals surface area contributed by atoms with E-state index in [1.165, 1.54) is 11.1 Å². The van der Waals surface area contributed by atoms with Gasteiger partial charge in [0.2, 0.25) is 0 Å². The molecule has 0 unspecified atom stereocenters. The molecule has 0 saturated carbocycles. The molecule has 3 nitrogen and oxygen atoms in total. The molecule has 22 heavy (non-hydrogen) atoms. The second-order valence-corrected chi connectivity index (χ2v) is 5.95. The number of hydrogen-bond acceptors (Lipinski definition) is 3. The van der Waals surface area contributed by atoms with E-state index in [1.54, 1.807) is 0 Å². The van der Waals surface area contributed by atoms with Crippen LogP contribution in [0.5, 0.6) is 5.75 Å². The van der Waals surface area contributed by atoms with Gasteiger partial charge in [-0.05, 0) is 37.1 Å². The lowest BCUT2D eigenvalue weighted by molar-refractivity contribution is 0.243. The zero-order chi connectivity index (χ0) is 15.9. The largest absolute Gasteiger partial charge is 0.489 e. The van der Waals surface area contributed by atoms with Crippen LogP contribution < -0.4 is 15.0 Å². The van der Waals surface area contributed by atoms with Gasteiger partial charge in [0.15, 0.2) is 0 Å². The van der Waals surface area contributed by atoms with Crippen LogP contribution in [0.3, 0.4) is 0 Å². The van der Waals surface area contributed by atoms with Crippen LogP contribution >= 0.6 is 0 Å². The molecule has 0 spiro atoms. The second-order valence-electron chi connectivity index (χ2n) is 5.95. The van der Waals surface area contributed by atoms with Crippen LogP contribution in [0, 0.1) is 0 Å². The van der Waals surface area contributed by atoms with Gasteiger partial charge in [0.05, 0.1) is 11.8 Å². The van der Waals surface area contributed by atoms with Gasteiger partial charge >= 0.3 is 0 Å². The molecule has 1 N–H and O–H groups in total. The molecule has 0 aliphatic rings. The molecule has 0 amide bonds. The molecule has 0 bridgehead atoms. The Hall–Kier alpha value is -2.00. The molecule has 0 aromatic heterocycles. The maximum absolute atomic E-state index is 5.94. The molecule has 0 aliphatic heterocycles. The van der Waals surface area contributed by atoms with Crippen LogP contribution in [0.1, 0.15) is 25.0 Å². The second kappa shape index (κ2) is 7.85. The lowest BCUT2D eigenvalue weighted by Crippen LogP contribution is -2.16. The van der Waals surface area contributed by atoms with Gasteiger partial charge in [0, 0.05) is 27.2 Å². The summed E-state index contributed by atoms with van der Waals surface area (Å²) in [4.78, 5) is 2.08. The number of ether oxygens (including phenoxy) is 1. The normalized spacial score (nSPS) is 10.8. The quantitative estimate of drug-likeness (QED) is 0.841. The average molecular weight is 298 g/mol. The summed E-state index contributed by atoms with van der Waals surface area (Å²) in [5, 5.41) is 3.48. The van der Waals surface area contributed by atoms with Gasteiger partial charge in [0.1, 0.15) is 5.75 Å². The highest BCUT2D eigenvalue weighted by atomic mass is 16.5. The highest BCUT2D eigenvalue weighted by molar-refractivity contribution is 5.59. The first-order valence-electron chi connectivity index (χ1n) is 7.78. The number of benzene rings is 2. The Morgan fingerprint density at radius 2 is 1.64 bits per heavy atom. The average Bonchev–Trinajstić information content (AvgIpc) is 2.47. The van der Waals surface area contributed by atoms with Gasteiger partial charge in [-0.3, -0.25) is 0 Å². The van der Waals surface area contributed by atoms with Crippen LogP contribution in [-0.4, -0.2) is 20.2 Å². The summed E-state index contributed by atoms with van der Waals surface area (Å²) in [7, 11) is 4.08. The molecule has 0 fully saturated rings. The van der Waals surface area contributed by atoms with Crippen molar-refractivity contribution < 1.29 is 4.74 Å². The standard InChI is InChI=1S/C19H26N2O/c1-15(2)22-19-12-17(10-11-18(19)21(3)4)14-20-13-16-8-6-5-7-9-16/h5-12,15,20H,13-14H2,1-4H3. The Bertz CT molecular complexity index is 579. The monoisotopic (exact) mass is 298 g/mol. The van der Waals surface area contributed by atoms with Gasteiger partial charge in [-0.1, -0.05) is 36.4 Å². The smallest absolute Gasteiger partial charge is 0.143 e. The first kappa shape index (κ1) is 16.4. The fourth-order valence-electron chi connectivity index (χ4n) is 2.33. The molecule has 2 rings (SSSR count). The van der Waals surface area contributed by atoms with Crippen molar-refractivity contribution in [3.05, 3.63) is 59.7 Å². The Kier molecular flexibility index (Phi) is 5.84. The van der Waals surface area contributed by atoms with Gasteiger partial charge in [-0.2, -0.15) is 0 Å². The molecule has 0 atom stereocenters. The third kappa shape index (κ3) is 4.78. The van der Waals surface area contributed by atoms with Crippen LogP contribution in [0.2, 0.25) is 0 Å². The van der Waals surface area contributed by atoms with E-state index < -0.39 is 0 Å². The lowest BCUT2D eigenvalue weighted by atomic mass is 10.1. The lowest BCUT2D eigenvalue weighted by Gasteiger charge is -2.20. The van der Waals surface area contributed by atoms with Crippen LogP contribution in [0.25, 0.3) is 0 Å². The summed E-state index contributed by atoms with van der Waals surface area (Å²) in [6.45, 7) is 5.81. The maximum Gasteiger partial charge on any atom is 0.143 e. The highest BCUT2D eigenvalue weighted by Crippen LogP contribution is 2.29. The fourth-order valence-corrected chi connectivity index (χ4v) is 2.33. The van der Waals surface area contributed by atoms with E-state index in [0.717, 1.165) is 24.5 Å². The van der Waals surface area contributed by atoms with Crippen molar-refractivity contribution in [1.82, 2.24) is 5.32 Å². The Labute approximate surface area is 133 Å². The van der Waals surface area contributed by atoms with E-state index in [4.69, 9.17) is 4.74 Å².